The van der Waals surface area contributed by atoms with Crippen LogP contribution in [0.2, 0.25) is 0 Å². The highest BCUT2D eigenvalue weighted by molar-refractivity contribution is 5.99. The van der Waals surface area contributed by atoms with Crippen LogP contribution in [0.1, 0.15) is 45.6 Å². The Bertz CT molecular complexity index is 1800. The van der Waals surface area contributed by atoms with E-state index in [0.29, 0.717) is 29.9 Å². The highest BCUT2D eigenvalue weighted by Gasteiger charge is 2.51. The summed E-state index contributed by atoms with van der Waals surface area (Å²) in [5.74, 6) is -0.150. The van der Waals surface area contributed by atoms with Gasteiger partial charge in [-0.1, -0.05) is 96.2 Å². The lowest BCUT2D eigenvalue weighted by atomic mass is 9.93. The number of hydrogen-bond donors (Lipinski definition) is 1. The van der Waals surface area contributed by atoms with E-state index < -0.39 is 11.4 Å². The van der Waals surface area contributed by atoms with Crippen LogP contribution in [0.15, 0.2) is 102 Å². The van der Waals surface area contributed by atoms with Gasteiger partial charge in [0.05, 0.1) is 11.1 Å². The van der Waals surface area contributed by atoms with Crippen LogP contribution in [-0.2, 0) is 23.2 Å². The number of Topliss-reactive ketones (excluding diaryl/α,β-unsaturated/α-hetero) is 1. The summed E-state index contributed by atoms with van der Waals surface area (Å²) in [6.45, 7) is 2.68. The Hall–Kier alpha value is -4.81. The molecule has 216 valence electrons. The van der Waals surface area contributed by atoms with Gasteiger partial charge in [-0.05, 0) is 73.3 Å². The second kappa shape index (κ2) is 11.5. The Morgan fingerprint density at radius 2 is 1.49 bits per heavy atom. The van der Waals surface area contributed by atoms with Gasteiger partial charge in [-0.3, -0.25) is 9.59 Å². The second-order valence-corrected chi connectivity index (χ2v) is 11.7. The van der Waals surface area contributed by atoms with Crippen LogP contribution in [0.3, 0.4) is 0 Å². The van der Waals surface area contributed by atoms with Gasteiger partial charge >= 0.3 is 5.97 Å². The topological polar surface area (TPSA) is 83.6 Å². The molecule has 0 atom stereocenters. The van der Waals surface area contributed by atoms with Gasteiger partial charge in [0, 0.05) is 29.7 Å². The first kappa shape index (κ1) is 28.3. The summed E-state index contributed by atoms with van der Waals surface area (Å²) >= 11 is 0. The summed E-state index contributed by atoms with van der Waals surface area (Å²) in [5, 5.41) is 13.8. The van der Waals surface area contributed by atoms with Crippen LogP contribution >= 0.6 is 0 Å². The zero-order chi connectivity index (χ0) is 30.1. The first-order valence-corrected chi connectivity index (χ1v) is 14.5. The molecule has 0 radical (unpaired) electrons. The Labute approximate surface area is 251 Å². The Kier molecular flexibility index (Phi) is 7.55. The number of carbonyl (C=O) groups is 2. The van der Waals surface area contributed by atoms with Crippen LogP contribution in [0.4, 0.5) is 0 Å². The van der Waals surface area contributed by atoms with E-state index >= 15 is 0 Å². The zero-order valence-corrected chi connectivity index (χ0v) is 24.6. The number of ketones is 1. The number of aryl methyl sites for hydroxylation is 1. The average Bonchev–Trinajstić information content (AvgIpc) is 3.76. The van der Waals surface area contributed by atoms with Gasteiger partial charge in [-0.25, -0.2) is 0 Å². The van der Waals surface area contributed by atoms with Gasteiger partial charge in [0.25, 0.3) is 0 Å². The molecule has 1 aliphatic rings. The number of carboxylic acid groups (broad SMARTS) is 1. The number of benzene rings is 4. The smallest absolute Gasteiger partial charge is 0.314 e. The fourth-order valence-corrected chi connectivity index (χ4v) is 5.77. The third kappa shape index (κ3) is 5.66. The molecule has 0 spiro atoms. The highest BCUT2D eigenvalue weighted by atomic mass is 16.5. The molecule has 1 heterocycles. The summed E-state index contributed by atoms with van der Waals surface area (Å²) in [6.07, 6.45) is 1.56. The summed E-state index contributed by atoms with van der Waals surface area (Å²) in [4.78, 5) is 27.4. The molecule has 4 aromatic carbocycles. The van der Waals surface area contributed by atoms with Crippen molar-refractivity contribution < 1.29 is 19.2 Å². The molecule has 0 bridgehead atoms. The van der Waals surface area contributed by atoms with Crippen molar-refractivity contribution >= 4 is 11.8 Å². The predicted molar refractivity (Wildman–Crippen MR) is 168 cm³/mol. The van der Waals surface area contributed by atoms with Crippen LogP contribution in [0.25, 0.3) is 33.6 Å². The van der Waals surface area contributed by atoms with Crippen molar-refractivity contribution in [2.45, 2.75) is 38.1 Å². The number of carbonyl (C=O) groups excluding carboxylic acids is 1. The van der Waals surface area contributed by atoms with Gasteiger partial charge < -0.3 is 14.5 Å². The predicted octanol–water partition coefficient (Wildman–Crippen LogP) is 7.59. The summed E-state index contributed by atoms with van der Waals surface area (Å²) < 4.78 is 5.73. The fourth-order valence-electron chi connectivity index (χ4n) is 5.77. The van der Waals surface area contributed by atoms with E-state index in [4.69, 9.17) is 4.52 Å². The van der Waals surface area contributed by atoms with Gasteiger partial charge in [0.1, 0.15) is 0 Å². The highest BCUT2D eigenvalue weighted by Crippen LogP contribution is 2.48. The SMILES string of the molecule is Cc1noc(-c2ccc(-c3ccc(C4(C(=O)O)CC4)cc3)cc2)c1CC(=O)c1cccc(-c2ccccc2CN(C)C)c1. The summed E-state index contributed by atoms with van der Waals surface area (Å²) in [5.41, 5.74) is 8.49. The number of aliphatic carboxylic acids is 1. The van der Waals surface area contributed by atoms with E-state index in [0.717, 1.165) is 45.5 Å². The van der Waals surface area contributed by atoms with Gasteiger partial charge in [0.15, 0.2) is 11.5 Å². The maximum Gasteiger partial charge on any atom is 0.314 e. The molecule has 6 rings (SSSR count). The van der Waals surface area contributed by atoms with Gasteiger partial charge in [-0.2, -0.15) is 0 Å². The molecule has 0 aliphatic heterocycles. The van der Waals surface area contributed by atoms with Crippen molar-refractivity contribution in [2.24, 2.45) is 0 Å². The van der Waals surface area contributed by atoms with Crippen LogP contribution in [0.5, 0.6) is 0 Å². The quantitative estimate of drug-likeness (QED) is 0.174. The largest absolute Gasteiger partial charge is 0.481 e. The first-order valence-electron chi connectivity index (χ1n) is 14.5. The van der Waals surface area contributed by atoms with Crippen LogP contribution in [-0.4, -0.2) is 41.0 Å². The Morgan fingerprint density at radius 3 is 2.14 bits per heavy atom. The Balaban J connectivity index is 1.21. The molecule has 1 aliphatic carbocycles. The van der Waals surface area contributed by atoms with Crippen LogP contribution in [0, 0.1) is 6.92 Å². The number of rotatable bonds is 10. The minimum Gasteiger partial charge on any atom is -0.481 e. The van der Waals surface area contributed by atoms with Crippen molar-refractivity contribution in [3.8, 4) is 33.6 Å². The number of carboxylic acids is 1. The molecule has 43 heavy (non-hydrogen) atoms. The molecule has 5 aromatic rings. The third-order valence-electron chi connectivity index (χ3n) is 8.40. The number of hydrogen-bond acceptors (Lipinski definition) is 5. The molecule has 0 amide bonds. The third-order valence-corrected chi connectivity index (χ3v) is 8.40. The minimum absolute atomic E-state index is 0.00555. The normalized spacial score (nSPS) is 13.7. The zero-order valence-electron chi connectivity index (χ0n) is 24.6. The van der Waals surface area contributed by atoms with Crippen molar-refractivity contribution in [1.29, 1.82) is 0 Å². The molecular weight excluding hydrogens is 536 g/mol. The molecule has 1 fully saturated rings. The lowest BCUT2D eigenvalue weighted by molar-refractivity contribution is -0.140. The van der Waals surface area contributed by atoms with Crippen molar-refractivity contribution in [2.75, 3.05) is 14.1 Å². The van der Waals surface area contributed by atoms with Crippen LogP contribution < -0.4 is 0 Å². The maximum absolute atomic E-state index is 13.6. The van der Waals surface area contributed by atoms with Gasteiger partial charge in [0.2, 0.25) is 0 Å². The molecule has 6 heteroatoms. The first-order chi connectivity index (χ1) is 20.7. The van der Waals surface area contributed by atoms with E-state index in [1.807, 2.05) is 106 Å². The average molecular weight is 571 g/mol. The Morgan fingerprint density at radius 1 is 0.837 bits per heavy atom. The summed E-state index contributed by atoms with van der Waals surface area (Å²) in [6, 6.07) is 31.9. The second-order valence-electron chi connectivity index (χ2n) is 11.7. The van der Waals surface area contributed by atoms with E-state index in [1.54, 1.807) is 0 Å². The number of aromatic nitrogens is 1. The van der Waals surface area contributed by atoms with Crippen molar-refractivity contribution in [3.05, 3.63) is 125 Å². The summed E-state index contributed by atoms with van der Waals surface area (Å²) in [7, 11) is 4.10. The molecule has 1 aromatic heterocycles. The van der Waals surface area contributed by atoms with E-state index in [2.05, 4.69) is 22.2 Å². The fraction of sp³-hybridized carbons (Fsp3) is 0.216. The maximum atomic E-state index is 13.6. The van der Waals surface area contributed by atoms with Crippen molar-refractivity contribution in [3.63, 3.8) is 0 Å². The molecule has 0 saturated heterocycles. The van der Waals surface area contributed by atoms with Gasteiger partial charge in [-0.15, -0.1) is 0 Å². The molecule has 1 saturated carbocycles. The monoisotopic (exact) mass is 570 g/mol. The lowest BCUT2D eigenvalue weighted by Gasteiger charge is -2.15. The van der Waals surface area contributed by atoms with E-state index in [9.17, 15) is 14.7 Å². The molecule has 0 unspecified atom stereocenters. The van der Waals surface area contributed by atoms with E-state index in [-0.39, 0.29) is 12.2 Å². The molecular formula is C37H34N2O4. The minimum atomic E-state index is -0.751. The van der Waals surface area contributed by atoms with Crippen molar-refractivity contribution in [1.82, 2.24) is 10.1 Å². The number of nitrogens with zero attached hydrogens (tertiary/aromatic N) is 2. The standard InChI is InChI=1S/C37H34N2O4/c1-24-33(22-34(40)29-9-6-8-28(21-29)32-10-5-4-7-30(32)23-39(2)3)35(43-38-24)27-13-11-25(12-14-27)26-15-17-31(18-16-26)37(19-20-37)36(41)42/h4-18,21H,19-20,22-23H2,1-3H3,(H,41,42). The molecule has 1 N–H and O–H groups in total. The lowest BCUT2D eigenvalue weighted by Crippen LogP contribution is -2.19. The van der Waals surface area contributed by atoms with E-state index in [1.165, 1.54) is 5.56 Å². The molecule has 6 nitrogen and oxygen atoms in total.